The van der Waals surface area contributed by atoms with Gasteiger partial charge in [-0.25, -0.2) is 0 Å². The van der Waals surface area contributed by atoms with Crippen LogP contribution in [-0.2, 0) is 46.6 Å². The number of benzene rings is 3. The molecule has 3 aromatic carbocycles. The molecule has 0 bridgehead atoms. The number of carbonyl (C=O) groups is 1. The van der Waals surface area contributed by atoms with Crippen molar-refractivity contribution in [3.63, 3.8) is 0 Å². The molecule has 0 spiro atoms. The molecule has 1 aromatic heterocycles. The number of hydrogen-bond donors (Lipinski definition) is 1. The van der Waals surface area contributed by atoms with Crippen LogP contribution in [0.5, 0.6) is 0 Å². The van der Waals surface area contributed by atoms with Gasteiger partial charge in [0.15, 0.2) is 5.78 Å². The van der Waals surface area contributed by atoms with E-state index in [1.165, 1.54) is 28.2 Å². The molecule has 1 heterocycles. The number of ketones is 1. The van der Waals surface area contributed by atoms with Gasteiger partial charge in [0.25, 0.3) is 0 Å². The van der Waals surface area contributed by atoms with Gasteiger partial charge in [0.1, 0.15) is 0 Å². The zero-order chi connectivity index (χ0) is 39.3. The predicted octanol–water partition coefficient (Wildman–Crippen LogP) is 13.8. The fourth-order valence-electron chi connectivity index (χ4n) is 10.3. The molecule has 0 aliphatic heterocycles. The SMILES string of the molecule is CCC(CC)C(=O)/C=C(\O)C(CC)CC.Cc1[c-]c(-c2cc(-c3c4c(cc5c3C(C)(C)CC5(C)C)C(C)(C)CC4(C)C)c3ccccc3n2)cc(C)c1.[Ir]. The quantitative estimate of drug-likeness (QED) is 0.103. The van der Waals surface area contributed by atoms with Crippen LogP contribution < -0.4 is 0 Å². The number of rotatable bonds is 9. The number of nitrogens with zero attached hydrogens (tertiary/aromatic N) is 1. The Bertz CT molecular complexity index is 1970. The monoisotopic (exact) mass is 905 g/mol. The van der Waals surface area contributed by atoms with Crippen LogP contribution in [0.2, 0.25) is 0 Å². The van der Waals surface area contributed by atoms with Gasteiger partial charge in [-0.1, -0.05) is 127 Å². The zero-order valence-electron chi connectivity index (χ0n) is 35.7. The van der Waals surface area contributed by atoms with Crippen molar-refractivity contribution in [3.8, 4) is 22.4 Å². The summed E-state index contributed by atoms with van der Waals surface area (Å²) in [5, 5.41) is 11.0. The van der Waals surface area contributed by atoms with Crippen molar-refractivity contribution in [3.05, 3.63) is 99.8 Å². The summed E-state index contributed by atoms with van der Waals surface area (Å²) in [5.74, 6) is 0.547. The molecular formula is C50H66IrNO2-. The Morgan fingerprint density at radius 2 is 1.28 bits per heavy atom. The van der Waals surface area contributed by atoms with Crippen molar-refractivity contribution in [2.24, 2.45) is 11.8 Å². The summed E-state index contributed by atoms with van der Waals surface area (Å²) in [6, 6.07) is 21.8. The molecule has 0 unspecified atom stereocenters. The number of fused-ring (bicyclic) bond motifs is 3. The van der Waals surface area contributed by atoms with Gasteiger partial charge in [0.05, 0.1) is 11.3 Å². The maximum atomic E-state index is 11.7. The first-order valence-electron chi connectivity index (χ1n) is 20.3. The fraction of sp³-hybridized carbons (Fsp3) is 0.520. The van der Waals surface area contributed by atoms with Gasteiger partial charge >= 0.3 is 0 Å². The van der Waals surface area contributed by atoms with Crippen LogP contribution in [0.4, 0.5) is 0 Å². The smallest absolute Gasteiger partial charge is 0.162 e. The summed E-state index contributed by atoms with van der Waals surface area (Å²) in [5.41, 5.74) is 15.0. The Labute approximate surface area is 341 Å². The van der Waals surface area contributed by atoms with Gasteiger partial charge in [-0.05, 0) is 105 Å². The second-order valence-electron chi connectivity index (χ2n) is 18.8. The molecule has 54 heavy (non-hydrogen) atoms. The number of para-hydroxylation sites is 1. The van der Waals surface area contributed by atoms with Crippen molar-refractivity contribution >= 4 is 16.7 Å². The van der Waals surface area contributed by atoms with E-state index in [1.54, 1.807) is 22.3 Å². The Kier molecular flexibility index (Phi) is 13.1. The first kappa shape index (κ1) is 43.7. The van der Waals surface area contributed by atoms with Gasteiger partial charge in [0, 0.05) is 43.4 Å². The summed E-state index contributed by atoms with van der Waals surface area (Å²) in [6.45, 7) is 32.0. The number of pyridine rings is 1. The maximum Gasteiger partial charge on any atom is 0.162 e. The number of aromatic nitrogens is 1. The van der Waals surface area contributed by atoms with Crippen molar-refractivity contribution in [2.45, 2.75) is 157 Å². The largest absolute Gasteiger partial charge is 0.512 e. The Balaban J connectivity index is 0.000000347. The molecule has 1 radical (unpaired) electrons. The topological polar surface area (TPSA) is 50.2 Å². The van der Waals surface area contributed by atoms with Crippen LogP contribution in [0.1, 0.15) is 155 Å². The van der Waals surface area contributed by atoms with E-state index in [4.69, 9.17) is 4.98 Å². The molecular weight excluding hydrogens is 839 g/mol. The van der Waals surface area contributed by atoms with Gasteiger partial charge in [0.2, 0.25) is 0 Å². The van der Waals surface area contributed by atoms with Crippen molar-refractivity contribution in [2.75, 3.05) is 0 Å². The van der Waals surface area contributed by atoms with Crippen LogP contribution in [0.15, 0.2) is 60.4 Å². The van der Waals surface area contributed by atoms with Crippen LogP contribution >= 0.6 is 0 Å². The molecule has 2 aliphatic rings. The third-order valence-electron chi connectivity index (χ3n) is 12.4. The normalized spacial score (nSPS) is 17.5. The minimum Gasteiger partial charge on any atom is -0.512 e. The van der Waals surface area contributed by atoms with E-state index in [0.717, 1.165) is 60.9 Å². The number of aliphatic hydroxyl groups is 1. The molecule has 2 aliphatic carbocycles. The van der Waals surface area contributed by atoms with Crippen LogP contribution in [-0.4, -0.2) is 15.9 Å². The molecule has 0 saturated heterocycles. The molecule has 293 valence electrons. The number of aryl methyl sites for hydroxylation is 2. The summed E-state index contributed by atoms with van der Waals surface area (Å²) in [6.07, 6.45) is 7.23. The van der Waals surface area contributed by atoms with Crippen molar-refractivity contribution in [1.29, 1.82) is 0 Å². The molecule has 6 rings (SSSR count). The Morgan fingerprint density at radius 3 is 1.78 bits per heavy atom. The molecule has 0 fully saturated rings. The van der Waals surface area contributed by atoms with Crippen LogP contribution in [0.3, 0.4) is 0 Å². The number of hydrogen-bond acceptors (Lipinski definition) is 3. The van der Waals surface area contributed by atoms with E-state index in [0.29, 0.717) is 0 Å². The van der Waals surface area contributed by atoms with E-state index in [1.807, 2.05) is 27.7 Å². The summed E-state index contributed by atoms with van der Waals surface area (Å²) in [4.78, 5) is 16.9. The molecule has 0 saturated carbocycles. The molecule has 1 N–H and O–H groups in total. The van der Waals surface area contributed by atoms with Crippen molar-refractivity contribution in [1.82, 2.24) is 4.98 Å². The summed E-state index contributed by atoms with van der Waals surface area (Å²) < 4.78 is 0. The molecule has 0 atom stereocenters. The number of aliphatic hydroxyl groups excluding tert-OH is 1. The minimum absolute atomic E-state index is 0. The second kappa shape index (κ2) is 16.2. The Hall–Kier alpha value is -3.07. The van der Waals surface area contributed by atoms with E-state index >= 15 is 0 Å². The third kappa shape index (κ3) is 8.36. The maximum absolute atomic E-state index is 11.7. The zero-order valence-corrected chi connectivity index (χ0v) is 38.1. The second-order valence-corrected chi connectivity index (χ2v) is 18.8. The fourth-order valence-corrected chi connectivity index (χ4v) is 10.3. The van der Waals surface area contributed by atoms with Gasteiger partial charge in [-0.15, -0.1) is 34.9 Å². The summed E-state index contributed by atoms with van der Waals surface area (Å²) >= 11 is 0. The number of carbonyl (C=O) groups excluding carboxylic acids is 1. The Morgan fingerprint density at radius 1 is 0.759 bits per heavy atom. The van der Waals surface area contributed by atoms with E-state index in [9.17, 15) is 9.90 Å². The van der Waals surface area contributed by atoms with Crippen LogP contribution in [0.25, 0.3) is 33.3 Å². The molecule has 4 heteroatoms. The number of allylic oxidation sites excluding steroid dienone is 2. The minimum atomic E-state index is 0. The summed E-state index contributed by atoms with van der Waals surface area (Å²) in [7, 11) is 0. The molecule has 3 nitrogen and oxygen atoms in total. The third-order valence-corrected chi connectivity index (χ3v) is 12.4. The molecule has 4 aromatic rings. The van der Waals surface area contributed by atoms with E-state index in [-0.39, 0.29) is 65.1 Å². The van der Waals surface area contributed by atoms with Crippen molar-refractivity contribution < 1.29 is 30.0 Å². The molecule has 0 amide bonds. The first-order chi connectivity index (χ1) is 24.7. The first-order valence-corrected chi connectivity index (χ1v) is 20.3. The van der Waals surface area contributed by atoms with E-state index < -0.39 is 0 Å². The standard InChI is InChI=1S/C37H42N.C13H24O2.Ir/c1-22-15-23(2)17-24(16-22)30-18-26(25-13-11-12-14-29(25)38-30)31-32-27(34(3,4)20-36(32,7)8)19-28-33(31)37(9,10)21-35(28,5)6;1-5-10(6-2)12(14)9-13(15)11(7-3)8-4;/h11-16,18-19H,20-21H2,1-10H3;9-11,14H,5-8H2,1-4H3;/q-1;;/b;12-9-;. The van der Waals surface area contributed by atoms with Gasteiger partial charge < -0.3 is 5.11 Å². The average molecular weight is 905 g/mol. The average Bonchev–Trinajstić information content (AvgIpc) is 3.38. The van der Waals surface area contributed by atoms with Crippen LogP contribution in [0, 0.1) is 31.7 Å². The van der Waals surface area contributed by atoms with Gasteiger partial charge in [-0.2, -0.15) is 0 Å². The van der Waals surface area contributed by atoms with E-state index in [2.05, 4.69) is 124 Å². The predicted molar refractivity (Wildman–Crippen MR) is 226 cm³/mol. The van der Waals surface area contributed by atoms with Gasteiger partial charge in [-0.3, -0.25) is 9.78 Å².